The van der Waals surface area contributed by atoms with Gasteiger partial charge in [0.15, 0.2) is 0 Å². The number of nitrogens with zero attached hydrogens (tertiary/aromatic N) is 1. The highest BCUT2D eigenvalue weighted by Gasteiger charge is 2.24. The van der Waals surface area contributed by atoms with Crippen LogP contribution in [0.1, 0.15) is 31.8 Å². The fraction of sp³-hybridized carbons (Fsp3) is 0.120. The highest BCUT2D eigenvalue weighted by Crippen LogP contribution is 2.29. The van der Waals surface area contributed by atoms with Crippen LogP contribution >= 0.6 is 11.6 Å². The highest BCUT2D eigenvalue weighted by molar-refractivity contribution is 7.92. The molecule has 0 saturated carbocycles. The zero-order valence-corrected chi connectivity index (χ0v) is 20.2. The van der Waals surface area contributed by atoms with E-state index in [4.69, 9.17) is 16.3 Å². The molecule has 0 fully saturated rings. The number of sulfonamides is 1. The second kappa shape index (κ2) is 8.96. The van der Waals surface area contributed by atoms with Crippen LogP contribution in [-0.4, -0.2) is 32.0 Å². The van der Waals surface area contributed by atoms with Gasteiger partial charge in [-0.25, -0.2) is 13.2 Å². The molecule has 0 radical (unpaired) electrons. The molecule has 0 atom stereocenters. The summed E-state index contributed by atoms with van der Waals surface area (Å²) in [4.78, 5) is 25.4. The van der Waals surface area contributed by atoms with Crippen LogP contribution in [0.3, 0.4) is 0 Å². The minimum absolute atomic E-state index is 0.0260. The summed E-state index contributed by atoms with van der Waals surface area (Å²) in [5, 5.41) is 0.517. The van der Waals surface area contributed by atoms with Gasteiger partial charge in [-0.2, -0.15) is 0 Å². The molecule has 4 rings (SSSR count). The molecule has 1 heterocycles. The predicted molar refractivity (Wildman–Crippen MR) is 131 cm³/mol. The van der Waals surface area contributed by atoms with Crippen molar-refractivity contribution in [2.24, 2.45) is 0 Å². The quantitative estimate of drug-likeness (QED) is 0.384. The van der Waals surface area contributed by atoms with E-state index < -0.39 is 21.9 Å². The number of esters is 1. The van der Waals surface area contributed by atoms with Crippen molar-refractivity contribution in [3.63, 3.8) is 0 Å². The van der Waals surface area contributed by atoms with Gasteiger partial charge >= 0.3 is 5.97 Å². The summed E-state index contributed by atoms with van der Waals surface area (Å²) >= 11 is 6.23. The van der Waals surface area contributed by atoms with Crippen LogP contribution in [0.5, 0.6) is 0 Å². The van der Waals surface area contributed by atoms with Crippen molar-refractivity contribution in [2.75, 3.05) is 11.8 Å². The molecular formula is C25H21ClN2O5S. The van der Waals surface area contributed by atoms with Crippen LogP contribution in [0.25, 0.3) is 10.9 Å². The molecule has 34 heavy (non-hydrogen) atoms. The molecule has 0 saturated heterocycles. The van der Waals surface area contributed by atoms with Gasteiger partial charge in [-0.05, 0) is 55.3 Å². The number of ether oxygens (including phenoxy) is 1. The van der Waals surface area contributed by atoms with Crippen molar-refractivity contribution in [1.29, 1.82) is 0 Å². The molecule has 1 aromatic heterocycles. The van der Waals surface area contributed by atoms with Crippen LogP contribution in [0.4, 0.5) is 5.69 Å². The number of nitrogens with one attached hydrogen (secondary N) is 1. The number of fused-ring (bicyclic) bond motifs is 1. The molecule has 0 aliphatic carbocycles. The lowest BCUT2D eigenvalue weighted by atomic mass is 10.1. The SMILES string of the molecule is COC(=O)c1cn(C(=O)c2ccc(Cl)c(S(=O)(=O)Nc3cccc(C)c3C)c2)c2ccccc12. The van der Waals surface area contributed by atoms with Gasteiger partial charge in [-0.15, -0.1) is 0 Å². The Morgan fingerprint density at radius 2 is 1.74 bits per heavy atom. The second-order valence-electron chi connectivity index (χ2n) is 7.72. The average Bonchev–Trinajstić information content (AvgIpc) is 3.21. The fourth-order valence-corrected chi connectivity index (χ4v) is 5.31. The number of aromatic nitrogens is 1. The third kappa shape index (κ3) is 4.18. The van der Waals surface area contributed by atoms with Crippen LogP contribution in [0, 0.1) is 13.8 Å². The van der Waals surface area contributed by atoms with Gasteiger partial charge in [0, 0.05) is 17.1 Å². The number of hydrogen-bond acceptors (Lipinski definition) is 5. The average molecular weight is 497 g/mol. The number of anilines is 1. The lowest BCUT2D eigenvalue weighted by molar-refractivity contribution is 0.0603. The van der Waals surface area contributed by atoms with Crippen LogP contribution in [-0.2, 0) is 14.8 Å². The summed E-state index contributed by atoms with van der Waals surface area (Å²) in [6.45, 7) is 3.69. The monoisotopic (exact) mass is 496 g/mol. The third-order valence-corrected chi connectivity index (χ3v) is 7.50. The van der Waals surface area contributed by atoms with Gasteiger partial charge in [-0.3, -0.25) is 14.1 Å². The minimum atomic E-state index is -4.09. The van der Waals surface area contributed by atoms with Crippen LogP contribution in [0.2, 0.25) is 5.02 Å². The molecule has 9 heteroatoms. The maximum absolute atomic E-state index is 13.4. The summed E-state index contributed by atoms with van der Waals surface area (Å²) in [5.41, 5.74) is 2.93. The lowest BCUT2D eigenvalue weighted by Crippen LogP contribution is -2.17. The molecule has 0 aliphatic rings. The number of halogens is 1. The van der Waals surface area contributed by atoms with Gasteiger partial charge in [0.05, 0.1) is 28.9 Å². The number of methoxy groups -OCH3 is 1. The molecule has 0 unspecified atom stereocenters. The number of hydrogen-bond donors (Lipinski definition) is 1. The Labute approximate surface area is 202 Å². The topological polar surface area (TPSA) is 94.5 Å². The summed E-state index contributed by atoms with van der Waals surface area (Å²) in [5.74, 6) is -1.11. The normalized spacial score (nSPS) is 11.4. The molecule has 1 N–H and O–H groups in total. The third-order valence-electron chi connectivity index (χ3n) is 5.65. The van der Waals surface area contributed by atoms with Crippen LogP contribution < -0.4 is 4.72 Å². The van der Waals surface area contributed by atoms with Crippen LogP contribution in [0.15, 0.2) is 71.8 Å². The molecule has 0 spiro atoms. The van der Waals surface area contributed by atoms with E-state index in [9.17, 15) is 18.0 Å². The van der Waals surface area contributed by atoms with E-state index in [2.05, 4.69) is 4.72 Å². The van der Waals surface area contributed by atoms with Crippen molar-refractivity contribution < 1.29 is 22.7 Å². The maximum atomic E-state index is 13.4. The van der Waals surface area contributed by atoms with Crippen molar-refractivity contribution in [1.82, 2.24) is 4.57 Å². The van der Waals surface area contributed by atoms with Gasteiger partial charge in [0.25, 0.3) is 15.9 Å². The fourth-order valence-electron chi connectivity index (χ4n) is 3.66. The molecular weight excluding hydrogens is 476 g/mol. The minimum Gasteiger partial charge on any atom is -0.465 e. The Balaban J connectivity index is 1.78. The van der Waals surface area contributed by atoms with Crippen molar-refractivity contribution >= 4 is 50.1 Å². The zero-order chi connectivity index (χ0) is 24.6. The first-order chi connectivity index (χ1) is 16.1. The van der Waals surface area contributed by atoms with E-state index in [1.54, 1.807) is 36.4 Å². The Kier molecular flexibility index (Phi) is 6.20. The van der Waals surface area contributed by atoms with E-state index in [1.807, 2.05) is 19.9 Å². The molecule has 3 aromatic carbocycles. The molecule has 0 bridgehead atoms. The largest absolute Gasteiger partial charge is 0.465 e. The first-order valence-electron chi connectivity index (χ1n) is 10.3. The lowest BCUT2D eigenvalue weighted by Gasteiger charge is -2.14. The standard InChI is InChI=1S/C25H21ClN2O5S/c1-15-7-6-9-21(16(15)2)27-34(31,32)23-13-17(11-12-20(23)26)24(29)28-14-19(25(30)33-3)18-8-4-5-10-22(18)28/h4-14,27H,1-3H3. The number of benzene rings is 3. The van der Waals surface area contributed by atoms with E-state index in [1.165, 1.54) is 36.1 Å². The van der Waals surface area contributed by atoms with Gasteiger partial charge in [0.2, 0.25) is 0 Å². The Morgan fingerprint density at radius 1 is 1.00 bits per heavy atom. The van der Waals surface area contributed by atoms with Gasteiger partial charge in [-0.1, -0.05) is 41.9 Å². The first-order valence-corrected chi connectivity index (χ1v) is 12.1. The van der Waals surface area contributed by atoms with Gasteiger partial charge in [0.1, 0.15) is 4.90 Å². The Hall–Kier alpha value is -3.62. The summed E-state index contributed by atoms with van der Waals surface area (Å²) < 4.78 is 35.0. The predicted octanol–water partition coefficient (Wildman–Crippen LogP) is 5.19. The van der Waals surface area contributed by atoms with E-state index in [0.29, 0.717) is 16.6 Å². The Morgan fingerprint density at radius 3 is 2.47 bits per heavy atom. The number of para-hydroxylation sites is 1. The smallest absolute Gasteiger partial charge is 0.340 e. The molecule has 174 valence electrons. The molecule has 0 amide bonds. The highest BCUT2D eigenvalue weighted by atomic mass is 35.5. The van der Waals surface area contributed by atoms with Gasteiger partial charge < -0.3 is 4.74 Å². The van der Waals surface area contributed by atoms with Crippen molar-refractivity contribution in [3.05, 3.63) is 94.1 Å². The maximum Gasteiger partial charge on any atom is 0.340 e. The second-order valence-corrected chi connectivity index (χ2v) is 9.78. The number of rotatable bonds is 5. The van der Waals surface area contributed by atoms with E-state index in [-0.39, 0.29) is 21.0 Å². The number of carbonyl (C=O) groups is 2. The number of carbonyl (C=O) groups excluding carboxylic acids is 2. The number of aryl methyl sites for hydroxylation is 1. The molecule has 0 aliphatic heterocycles. The Bertz CT molecular complexity index is 1560. The first kappa shape index (κ1) is 23.5. The van der Waals surface area contributed by atoms with E-state index >= 15 is 0 Å². The summed E-state index contributed by atoms with van der Waals surface area (Å²) in [7, 11) is -2.83. The zero-order valence-electron chi connectivity index (χ0n) is 18.6. The summed E-state index contributed by atoms with van der Waals surface area (Å²) in [6, 6.07) is 16.2. The van der Waals surface area contributed by atoms with Crippen molar-refractivity contribution in [3.8, 4) is 0 Å². The molecule has 4 aromatic rings. The van der Waals surface area contributed by atoms with Crippen molar-refractivity contribution in [2.45, 2.75) is 18.7 Å². The molecule has 7 nitrogen and oxygen atoms in total. The summed E-state index contributed by atoms with van der Waals surface area (Å²) in [6.07, 6.45) is 1.38. The van der Waals surface area contributed by atoms with E-state index in [0.717, 1.165) is 11.1 Å².